The molecule has 0 aliphatic carbocycles. The number of aryl methyl sites for hydroxylation is 1. The van der Waals surface area contributed by atoms with Crippen molar-refractivity contribution in [2.45, 2.75) is 26.2 Å². The number of aromatic nitrogens is 4. The second-order valence-corrected chi connectivity index (χ2v) is 5.78. The molecule has 20 heavy (non-hydrogen) atoms. The Morgan fingerprint density at radius 2 is 2.20 bits per heavy atom. The summed E-state index contributed by atoms with van der Waals surface area (Å²) in [6, 6.07) is 0. The van der Waals surface area contributed by atoms with Crippen molar-refractivity contribution in [1.82, 2.24) is 25.1 Å². The number of nitrogens with zero attached hydrogens (tertiary/aromatic N) is 4. The molecule has 1 aliphatic rings. The smallest absolute Gasteiger partial charge is 0.0919 e. The molecule has 1 atom stereocenters. The maximum absolute atomic E-state index is 4.57. The molecule has 0 bridgehead atoms. The minimum absolute atomic E-state index is 0.713. The van der Waals surface area contributed by atoms with Crippen molar-refractivity contribution < 1.29 is 0 Å². The van der Waals surface area contributed by atoms with Crippen molar-refractivity contribution in [1.29, 1.82) is 0 Å². The molecule has 0 radical (unpaired) electrons. The molecular formula is C15H21N5. The van der Waals surface area contributed by atoms with E-state index in [1.165, 1.54) is 25.9 Å². The van der Waals surface area contributed by atoms with Gasteiger partial charge in [0.05, 0.1) is 23.8 Å². The van der Waals surface area contributed by atoms with E-state index in [-0.39, 0.29) is 0 Å². The van der Waals surface area contributed by atoms with Gasteiger partial charge in [0, 0.05) is 24.0 Å². The third kappa shape index (κ3) is 2.88. The maximum Gasteiger partial charge on any atom is 0.0919 e. The molecular weight excluding hydrogens is 250 g/mol. The molecule has 1 unspecified atom stereocenters. The molecule has 106 valence electrons. The summed E-state index contributed by atoms with van der Waals surface area (Å²) in [7, 11) is 2.20. The normalized spacial score (nSPS) is 20.2. The van der Waals surface area contributed by atoms with Gasteiger partial charge >= 0.3 is 0 Å². The van der Waals surface area contributed by atoms with Crippen molar-refractivity contribution in [2.75, 3.05) is 20.1 Å². The van der Waals surface area contributed by atoms with Crippen LogP contribution in [-0.4, -0.2) is 45.2 Å². The summed E-state index contributed by atoms with van der Waals surface area (Å²) in [5.41, 5.74) is 4.04. The van der Waals surface area contributed by atoms with E-state index in [9.17, 15) is 0 Å². The Morgan fingerprint density at radius 3 is 2.85 bits per heavy atom. The molecule has 0 amide bonds. The molecule has 1 aliphatic heterocycles. The number of nitrogens with one attached hydrogen (secondary N) is 1. The van der Waals surface area contributed by atoms with Crippen LogP contribution in [0.3, 0.4) is 0 Å². The number of aromatic amines is 1. The number of hydrogen-bond acceptors (Lipinski definition) is 4. The van der Waals surface area contributed by atoms with Gasteiger partial charge < -0.3 is 4.90 Å². The lowest BCUT2D eigenvalue weighted by molar-refractivity contribution is 0.208. The summed E-state index contributed by atoms with van der Waals surface area (Å²) in [4.78, 5) is 11.5. The molecule has 5 nitrogen and oxygen atoms in total. The number of likely N-dealkylation sites (tertiary alicyclic amines) is 1. The Morgan fingerprint density at radius 1 is 1.30 bits per heavy atom. The molecule has 1 N–H and O–H groups in total. The van der Waals surface area contributed by atoms with Gasteiger partial charge in [-0.3, -0.25) is 15.1 Å². The van der Waals surface area contributed by atoms with Crippen LogP contribution in [0.2, 0.25) is 0 Å². The fourth-order valence-electron chi connectivity index (χ4n) is 2.94. The Labute approximate surface area is 119 Å². The van der Waals surface area contributed by atoms with Gasteiger partial charge in [0.1, 0.15) is 0 Å². The monoisotopic (exact) mass is 271 g/mol. The van der Waals surface area contributed by atoms with Gasteiger partial charge in [-0.2, -0.15) is 5.10 Å². The molecule has 2 aromatic heterocycles. The van der Waals surface area contributed by atoms with E-state index >= 15 is 0 Å². The molecule has 1 fully saturated rings. The molecule has 3 rings (SSSR count). The van der Waals surface area contributed by atoms with Crippen LogP contribution >= 0.6 is 0 Å². The highest BCUT2D eigenvalue weighted by Crippen LogP contribution is 2.21. The Balaban J connectivity index is 1.69. The largest absolute Gasteiger partial charge is 0.306 e. The van der Waals surface area contributed by atoms with Gasteiger partial charge in [0.15, 0.2) is 0 Å². The Hall–Kier alpha value is -1.75. The van der Waals surface area contributed by atoms with Crippen LogP contribution in [-0.2, 0) is 6.42 Å². The SMILES string of the molecule is Cc1[nH]ncc1-c1cnc(CC2CCCN(C)C2)cn1. The summed E-state index contributed by atoms with van der Waals surface area (Å²) >= 11 is 0. The molecule has 2 aromatic rings. The number of piperidine rings is 1. The van der Waals surface area contributed by atoms with Gasteiger partial charge in [0.25, 0.3) is 0 Å². The second kappa shape index (κ2) is 5.71. The lowest BCUT2D eigenvalue weighted by Gasteiger charge is -2.29. The molecule has 5 heteroatoms. The topological polar surface area (TPSA) is 57.7 Å². The van der Waals surface area contributed by atoms with Crippen LogP contribution < -0.4 is 0 Å². The summed E-state index contributed by atoms with van der Waals surface area (Å²) in [6.07, 6.45) is 9.20. The van der Waals surface area contributed by atoms with E-state index in [2.05, 4.69) is 32.1 Å². The van der Waals surface area contributed by atoms with Crippen molar-refractivity contribution in [3.05, 3.63) is 30.0 Å². The van der Waals surface area contributed by atoms with Gasteiger partial charge in [-0.05, 0) is 45.7 Å². The zero-order valence-electron chi connectivity index (χ0n) is 12.1. The van der Waals surface area contributed by atoms with Crippen LogP contribution in [0.25, 0.3) is 11.3 Å². The fraction of sp³-hybridized carbons (Fsp3) is 0.533. The zero-order chi connectivity index (χ0) is 13.9. The van der Waals surface area contributed by atoms with Gasteiger partial charge in [-0.15, -0.1) is 0 Å². The Bertz CT molecular complexity index is 560. The van der Waals surface area contributed by atoms with Crippen molar-refractivity contribution in [3.8, 4) is 11.3 Å². The van der Waals surface area contributed by atoms with Crippen LogP contribution in [0.15, 0.2) is 18.6 Å². The maximum atomic E-state index is 4.57. The minimum Gasteiger partial charge on any atom is -0.306 e. The van der Waals surface area contributed by atoms with E-state index < -0.39 is 0 Å². The molecule has 3 heterocycles. The van der Waals surface area contributed by atoms with Crippen molar-refractivity contribution in [2.24, 2.45) is 5.92 Å². The van der Waals surface area contributed by atoms with E-state index in [0.29, 0.717) is 5.92 Å². The average molecular weight is 271 g/mol. The summed E-state index contributed by atoms with van der Waals surface area (Å²) < 4.78 is 0. The predicted octanol–water partition coefficient (Wildman–Crippen LogP) is 2.06. The third-order valence-corrected chi connectivity index (χ3v) is 4.03. The first-order valence-corrected chi connectivity index (χ1v) is 7.22. The van der Waals surface area contributed by atoms with E-state index in [1.54, 1.807) is 6.20 Å². The van der Waals surface area contributed by atoms with Crippen molar-refractivity contribution in [3.63, 3.8) is 0 Å². The second-order valence-electron chi connectivity index (χ2n) is 5.78. The third-order valence-electron chi connectivity index (χ3n) is 4.03. The highest BCUT2D eigenvalue weighted by atomic mass is 15.1. The van der Waals surface area contributed by atoms with Gasteiger partial charge in [-0.1, -0.05) is 0 Å². The van der Waals surface area contributed by atoms with E-state index in [4.69, 9.17) is 0 Å². The molecule has 0 saturated carbocycles. The summed E-state index contributed by atoms with van der Waals surface area (Å²) in [5, 5.41) is 6.95. The number of H-pyrrole nitrogens is 1. The van der Waals surface area contributed by atoms with Crippen LogP contribution in [0.5, 0.6) is 0 Å². The first-order chi connectivity index (χ1) is 9.72. The predicted molar refractivity (Wildman–Crippen MR) is 78.3 cm³/mol. The highest BCUT2D eigenvalue weighted by molar-refractivity contribution is 5.59. The van der Waals surface area contributed by atoms with E-state index in [1.807, 2.05) is 19.3 Å². The van der Waals surface area contributed by atoms with Crippen LogP contribution in [0.4, 0.5) is 0 Å². The zero-order valence-corrected chi connectivity index (χ0v) is 12.1. The Kier molecular flexibility index (Phi) is 3.78. The summed E-state index contributed by atoms with van der Waals surface area (Å²) in [6.45, 7) is 4.39. The molecule has 0 spiro atoms. The highest BCUT2D eigenvalue weighted by Gasteiger charge is 2.18. The quantitative estimate of drug-likeness (QED) is 0.928. The average Bonchev–Trinajstić information content (AvgIpc) is 2.86. The van der Waals surface area contributed by atoms with Gasteiger partial charge in [0.2, 0.25) is 0 Å². The lowest BCUT2D eigenvalue weighted by Crippen LogP contribution is -2.33. The fourth-order valence-corrected chi connectivity index (χ4v) is 2.94. The van der Waals surface area contributed by atoms with Gasteiger partial charge in [-0.25, -0.2) is 0 Å². The standard InChI is InChI=1S/C15H21N5/c1-11-14(8-18-19-11)15-9-16-13(7-17-15)6-12-4-3-5-20(2)10-12/h7-9,12H,3-6,10H2,1-2H3,(H,18,19). The van der Waals surface area contributed by atoms with Crippen molar-refractivity contribution >= 4 is 0 Å². The first-order valence-electron chi connectivity index (χ1n) is 7.22. The number of hydrogen-bond donors (Lipinski definition) is 1. The number of rotatable bonds is 3. The molecule has 0 aromatic carbocycles. The van der Waals surface area contributed by atoms with Crippen LogP contribution in [0, 0.1) is 12.8 Å². The molecule has 1 saturated heterocycles. The first kappa shape index (κ1) is 13.2. The van der Waals surface area contributed by atoms with E-state index in [0.717, 1.165) is 29.1 Å². The lowest BCUT2D eigenvalue weighted by atomic mass is 9.94. The van der Waals surface area contributed by atoms with Crippen LogP contribution in [0.1, 0.15) is 24.2 Å². The minimum atomic E-state index is 0.713. The summed E-state index contributed by atoms with van der Waals surface area (Å²) in [5.74, 6) is 0.713.